The van der Waals surface area contributed by atoms with Gasteiger partial charge in [0.1, 0.15) is 6.61 Å². The van der Waals surface area contributed by atoms with E-state index in [2.05, 4.69) is 38.2 Å². The van der Waals surface area contributed by atoms with Crippen LogP contribution in [-0.4, -0.2) is 43.3 Å². The van der Waals surface area contributed by atoms with E-state index >= 15 is 0 Å². The minimum Gasteiger partial charge on any atom is -0.492 e. The first-order chi connectivity index (χ1) is 27.4. The summed E-state index contributed by atoms with van der Waals surface area (Å²) in [7, 11) is -4.27. The molecule has 0 aromatic carbocycles. The second-order valence-electron chi connectivity index (χ2n) is 15.7. The number of esters is 1. The van der Waals surface area contributed by atoms with Crippen molar-refractivity contribution < 1.29 is 32.8 Å². The van der Waals surface area contributed by atoms with E-state index in [4.69, 9.17) is 24.3 Å². The number of nitrogens with two attached hydrogens (primary N) is 1. The Hall–Kier alpha value is -1.44. The van der Waals surface area contributed by atoms with Gasteiger partial charge < -0.3 is 20.1 Å². The Morgan fingerprint density at radius 2 is 0.911 bits per heavy atom. The molecule has 56 heavy (non-hydrogen) atoms. The quantitative estimate of drug-likeness (QED) is 0.0205. The molecule has 9 heteroatoms. The number of hydrogen-bond acceptors (Lipinski definition) is 7. The van der Waals surface area contributed by atoms with Gasteiger partial charge in [-0.2, -0.15) is 0 Å². The zero-order valence-electron chi connectivity index (χ0n) is 36.6. The molecule has 2 atom stereocenters. The monoisotopic (exact) mass is 812 g/mol. The van der Waals surface area contributed by atoms with Crippen molar-refractivity contribution in [2.24, 2.45) is 5.73 Å². The minimum absolute atomic E-state index is 0.0654. The Morgan fingerprint density at radius 3 is 1.34 bits per heavy atom. The normalized spacial score (nSPS) is 13.6. The second kappa shape index (κ2) is 44.7. The molecule has 0 heterocycles. The van der Waals surface area contributed by atoms with E-state index in [1.165, 1.54) is 173 Å². The van der Waals surface area contributed by atoms with E-state index in [-0.39, 0.29) is 32.3 Å². The van der Waals surface area contributed by atoms with E-state index in [9.17, 15) is 14.3 Å². The fourth-order valence-corrected chi connectivity index (χ4v) is 7.32. The number of allylic oxidation sites excluding steroid dienone is 5. The zero-order chi connectivity index (χ0) is 40.9. The fourth-order valence-electron chi connectivity index (χ4n) is 6.56. The topological polar surface area (TPSA) is 117 Å². The van der Waals surface area contributed by atoms with Crippen LogP contribution in [0.2, 0.25) is 0 Å². The van der Waals surface area contributed by atoms with Crippen LogP contribution in [0.3, 0.4) is 0 Å². The zero-order valence-corrected chi connectivity index (χ0v) is 37.5. The number of carbonyl (C=O) groups is 1. The van der Waals surface area contributed by atoms with Crippen LogP contribution in [0.1, 0.15) is 226 Å². The Bertz CT molecular complexity index is 957. The number of phosphoric ester groups is 1. The SMILES string of the molecule is CCCCCCC=CCCCCCCCCC=COC(COC(=O)CCCCCCCCCCCCCC=CCCCCCCCC)COP(=O)(O)OCCN. The van der Waals surface area contributed by atoms with Crippen molar-refractivity contribution >= 4 is 13.8 Å². The van der Waals surface area contributed by atoms with Crippen molar-refractivity contribution in [2.75, 3.05) is 26.4 Å². The average Bonchev–Trinajstić information content (AvgIpc) is 3.19. The highest BCUT2D eigenvalue weighted by atomic mass is 31.2. The maximum Gasteiger partial charge on any atom is 0.472 e. The average molecular weight is 812 g/mol. The summed E-state index contributed by atoms with van der Waals surface area (Å²) in [6, 6.07) is 0. The summed E-state index contributed by atoms with van der Waals surface area (Å²) in [4.78, 5) is 22.3. The third kappa shape index (κ3) is 43.7. The third-order valence-electron chi connectivity index (χ3n) is 10.1. The summed E-state index contributed by atoms with van der Waals surface area (Å²) >= 11 is 0. The maximum atomic E-state index is 12.4. The van der Waals surface area contributed by atoms with Gasteiger partial charge in [0, 0.05) is 13.0 Å². The molecular weight excluding hydrogens is 721 g/mol. The summed E-state index contributed by atoms with van der Waals surface area (Å²) in [5.41, 5.74) is 5.37. The smallest absolute Gasteiger partial charge is 0.472 e. The largest absolute Gasteiger partial charge is 0.492 e. The first-order valence-electron chi connectivity index (χ1n) is 23.5. The molecule has 0 rings (SSSR count). The second-order valence-corrected chi connectivity index (χ2v) is 17.1. The van der Waals surface area contributed by atoms with Crippen molar-refractivity contribution in [1.29, 1.82) is 0 Å². The molecule has 0 fully saturated rings. The van der Waals surface area contributed by atoms with Crippen LogP contribution in [0.25, 0.3) is 0 Å². The maximum absolute atomic E-state index is 12.4. The summed E-state index contributed by atoms with van der Waals surface area (Å²) in [6.07, 6.45) is 52.7. The van der Waals surface area contributed by atoms with Crippen LogP contribution in [0.5, 0.6) is 0 Å². The van der Waals surface area contributed by atoms with Crippen LogP contribution >= 0.6 is 7.82 Å². The standard InChI is InChI=1S/C47H90NO7P/c1-3-5-7-9-11-13-15-17-19-21-22-23-24-25-26-28-30-32-34-36-38-40-47(49)53-44-46(45-55-56(50,51)54-43-41-48)52-42-39-37-35-33-31-29-27-20-18-16-14-12-10-8-6-4-2/h14,16-17,19,39,42,46H,3-13,15,18,20-38,40-41,43-45,48H2,1-2H3,(H,50,51). The lowest BCUT2D eigenvalue weighted by molar-refractivity contribution is -0.147. The predicted molar refractivity (Wildman–Crippen MR) is 238 cm³/mol. The van der Waals surface area contributed by atoms with Crippen molar-refractivity contribution in [3.05, 3.63) is 36.6 Å². The Morgan fingerprint density at radius 1 is 0.536 bits per heavy atom. The summed E-state index contributed by atoms with van der Waals surface area (Å²) < 4.78 is 33.3. The Balaban J connectivity index is 4.00. The molecular formula is C47H90NO7P. The molecule has 330 valence electrons. The molecule has 0 aliphatic heterocycles. The molecule has 3 N–H and O–H groups in total. The number of unbranched alkanes of at least 4 members (excludes halogenated alkanes) is 28. The first kappa shape index (κ1) is 54.6. The molecule has 0 spiro atoms. The van der Waals surface area contributed by atoms with Crippen LogP contribution in [-0.2, 0) is 27.9 Å². The van der Waals surface area contributed by atoms with E-state index in [0.717, 1.165) is 32.1 Å². The Kier molecular flexibility index (Phi) is 43.5. The van der Waals surface area contributed by atoms with Gasteiger partial charge >= 0.3 is 13.8 Å². The Labute approximate surface area is 346 Å². The van der Waals surface area contributed by atoms with Gasteiger partial charge in [0.2, 0.25) is 0 Å². The fraction of sp³-hybridized carbons (Fsp3) is 0.851. The number of hydrogen-bond donors (Lipinski definition) is 2. The molecule has 0 saturated heterocycles. The molecule has 0 amide bonds. The number of carbonyl (C=O) groups excluding carboxylic acids is 1. The first-order valence-corrected chi connectivity index (χ1v) is 25.0. The summed E-state index contributed by atoms with van der Waals surface area (Å²) in [6.45, 7) is 4.22. The van der Waals surface area contributed by atoms with Gasteiger partial charge in [-0.05, 0) is 76.7 Å². The lowest BCUT2D eigenvalue weighted by atomic mass is 10.0. The lowest BCUT2D eigenvalue weighted by Gasteiger charge is -2.19. The van der Waals surface area contributed by atoms with Gasteiger partial charge in [-0.25, -0.2) is 4.57 Å². The van der Waals surface area contributed by atoms with Gasteiger partial charge in [0.25, 0.3) is 0 Å². The van der Waals surface area contributed by atoms with Crippen LogP contribution in [0.4, 0.5) is 0 Å². The van der Waals surface area contributed by atoms with E-state index in [0.29, 0.717) is 6.42 Å². The minimum atomic E-state index is -4.27. The highest BCUT2D eigenvalue weighted by Crippen LogP contribution is 2.43. The highest BCUT2D eigenvalue weighted by molar-refractivity contribution is 7.47. The molecule has 0 aromatic rings. The van der Waals surface area contributed by atoms with Gasteiger partial charge in [-0.3, -0.25) is 13.8 Å². The van der Waals surface area contributed by atoms with Crippen molar-refractivity contribution in [3.63, 3.8) is 0 Å². The molecule has 2 unspecified atom stereocenters. The van der Waals surface area contributed by atoms with Gasteiger partial charge in [0.15, 0.2) is 6.10 Å². The highest BCUT2D eigenvalue weighted by Gasteiger charge is 2.24. The van der Waals surface area contributed by atoms with Crippen molar-refractivity contribution in [2.45, 2.75) is 232 Å². The van der Waals surface area contributed by atoms with Crippen LogP contribution in [0.15, 0.2) is 36.6 Å². The van der Waals surface area contributed by atoms with Gasteiger partial charge in [0.05, 0.1) is 19.5 Å². The van der Waals surface area contributed by atoms with Crippen molar-refractivity contribution in [3.8, 4) is 0 Å². The lowest BCUT2D eigenvalue weighted by Crippen LogP contribution is -2.25. The van der Waals surface area contributed by atoms with Crippen molar-refractivity contribution in [1.82, 2.24) is 0 Å². The number of rotatable bonds is 45. The summed E-state index contributed by atoms with van der Waals surface area (Å²) in [5, 5.41) is 0. The molecule has 0 aromatic heterocycles. The van der Waals surface area contributed by atoms with E-state index in [1.807, 2.05) is 6.08 Å². The van der Waals surface area contributed by atoms with E-state index < -0.39 is 13.9 Å². The molecule has 0 saturated carbocycles. The predicted octanol–water partition coefficient (Wildman–Crippen LogP) is 14.5. The number of phosphoric acid groups is 1. The molecule has 0 radical (unpaired) electrons. The molecule has 0 bridgehead atoms. The molecule has 0 aliphatic rings. The molecule has 8 nitrogen and oxygen atoms in total. The van der Waals surface area contributed by atoms with Gasteiger partial charge in [-0.15, -0.1) is 0 Å². The third-order valence-corrected chi connectivity index (χ3v) is 11.1. The van der Waals surface area contributed by atoms with Crippen LogP contribution < -0.4 is 5.73 Å². The van der Waals surface area contributed by atoms with E-state index in [1.54, 1.807) is 6.26 Å². The molecule has 0 aliphatic carbocycles. The summed E-state index contributed by atoms with van der Waals surface area (Å²) in [5.74, 6) is -0.291. The van der Waals surface area contributed by atoms with Crippen LogP contribution in [0, 0.1) is 0 Å². The van der Waals surface area contributed by atoms with Gasteiger partial charge in [-0.1, -0.05) is 173 Å². The number of ether oxygens (including phenoxy) is 2.